The summed E-state index contributed by atoms with van der Waals surface area (Å²) in [6, 6.07) is 19.5. The number of pyridine rings is 1. The van der Waals surface area contributed by atoms with E-state index in [2.05, 4.69) is 0 Å². The first-order valence-electron chi connectivity index (χ1n) is 10.1. The van der Waals surface area contributed by atoms with Crippen molar-refractivity contribution in [3.63, 3.8) is 0 Å². The third-order valence-electron chi connectivity index (χ3n) is 6.69. The molecule has 1 saturated heterocycles. The number of esters is 1. The number of amides is 1. The summed E-state index contributed by atoms with van der Waals surface area (Å²) in [6.45, 7) is 1.01. The van der Waals surface area contributed by atoms with Gasteiger partial charge in [0.2, 0.25) is 5.91 Å². The van der Waals surface area contributed by atoms with E-state index in [1.807, 2.05) is 59.5 Å². The van der Waals surface area contributed by atoms with Crippen LogP contribution in [-0.2, 0) is 20.5 Å². The zero-order chi connectivity index (χ0) is 19.6. The van der Waals surface area contributed by atoms with Gasteiger partial charge in [-0.3, -0.25) is 9.78 Å². The fourth-order valence-corrected chi connectivity index (χ4v) is 4.94. The number of aromatic nitrogens is 1. The van der Waals surface area contributed by atoms with Crippen LogP contribution in [0.25, 0.3) is 10.9 Å². The van der Waals surface area contributed by atoms with Crippen LogP contribution >= 0.6 is 0 Å². The summed E-state index contributed by atoms with van der Waals surface area (Å²) in [5, 5.41) is 1.08. The topological polar surface area (TPSA) is 59.5 Å². The Balaban J connectivity index is 1.31. The molecule has 1 atom stereocenters. The van der Waals surface area contributed by atoms with E-state index in [0.29, 0.717) is 25.1 Å². The van der Waals surface area contributed by atoms with Gasteiger partial charge in [0, 0.05) is 23.9 Å². The molecule has 144 valence electrons. The van der Waals surface area contributed by atoms with Crippen LogP contribution < -0.4 is 0 Å². The third-order valence-corrected chi connectivity index (χ3v) is 6.69. The van der Waals surface area contributed by atoms with E-state index in [-0.39, 0.29) is 11.9 Å². The van der Waals surface area contributed by atoms with E-state index < -0.39 is 11.0 Å². The second-order valence-corrected chi connectivity index (χ2v) is 8.38. The molecule has 6 rings (SSSR count). The summed E-state index contributed by atoms with van der Waals surface area (Å²) in [5.74, 6) is -0.176. The Labute approximate surface area is 168 Å². The monoisotopic (exact) mass is 384 g/mol. The van der Waals surface area contributed by atoms with Crippen LogP contribution in [0.15, 0.2) is 60.7 Å². The van der Waals surface area contributed by atoms with Crippen molar-refractivity contribution in [3.05, 3.63) is 77.5 Å². The maximum Gasteiger partial charge on any atom is 0.339 e. The van der Waals surface area contributed by atoms with Crippen molar-refractivity contribution < 1.29 is 14.3 Å². The van der Waals surface area contributed by atoms with Crippen molar-refractivity contribution in [1.82, 2.24) is 9.88 Å². The lowest BCUT2D eigenvalue weighted by Gasteiger charge is -2.26. The Morgan fingerprint density at radius 1 is 0.966 bits per heavy atom. The molecule has 2 aliphatic heterocycles. The van der Waals surface area contributed by atoms with E-state index in [1.54, 1.807) is 6.07 Å². The fraction of sp³-hybridized carbons (Fsp3) is 0.292. The summed E-state index contributed by atoms with van der Waals surface area (Å²) < 4.78 is 5.81. The van der Waals surface area contributed by atoms with E-state index in [4.69, 9.17) is 9.72 Å². The van der Waals surface area contributed by atoms with Crippen molar-refractivity contribution in [1.29, 1.82) is 0 Å². The highest BCUT2D eigenvalue weighted by atomic mass is 16.6. The lowest BCUT2D eigenvalue weighted by atomic mass is 9.91. The van der Waals surface area contributed by atoms with Gasteiger partial charge in [-0.05, 0) is 31.0 Å². The minimum absolute atomic E-state index is 0.109. The maximum atomic E-state index is 13.5. The quantitative estimate of drug-likeness (QED) is 0.634. The molecule has 1 spiro atoms. The zero-order valence-electron chi connectivity index (χ0n) is 15.9. The number of para-hydroxylation sites is 1. The van der Waals surface area contributed by atoms with Crippen LogP contribution in [0.5, 0.6) is 0 Å². The van der Waals surface area contributed by atoms with Crippen LogP contribution in [0.3, 0.4) is 0 Å². The van der Waals surface area contributed by atoms with Crippen molar-refractivity contribution in [3.8, 4) is 0 Å². The molecule has 29 heavy (non-hydrogen) atoms. The van der Waals surface area contributed by atoms with Gasteiger partial charge in [-0.25, -0.2) is 4.79 Å². The molecule has 0 bridgehead atoms. The molecule has 1 saturated carbocycles. The summed E-state index contributed by atoms with van der Waals surface area (Å²) in [4.78, 5) is 32.5. The summed E-state index contributed by atoms with van der Waals surface area (Å²) >= 11 is 0. The maximum absolute atomic E-state index is 13.5. The highest BCUT2D eigenvalue weighted by Gasteiger charge is 2.58. The van der Waals surface area contributed by atoms with Crippen molar-refractivity contribution in [2.75, 3.05) is 13.1 Å². The van der Waals surface area contributed by atoms with E-state index >= 15 is 0 Å². The Kier molecular flexibility index (Phi) is 3.26. The number of carbonyl (C=O) groups excluding carboxylic acids is 2. The first-order valence-corrected chi connectivity index (χ1v) is 10.1. The Morgan fingerprint density at radius 2 is 1.76 bits per heavy atom. The molecule has 1 aromatic heterocycles. The molecule has 3 aliphatic rings. The molecule has 3 aromatic rings. The van der Waals surface area contributed by atoms with Gasteiger partial charge in [-0.2, -0.15) is 0 Å². The highest BCUT2D eigenvalue weighted by molar-refractivity contribution is 5.96. The van der Waals surface area contributed by atoms with Crippen LogP contribution in [0.4, 0.5) is 0 Å². The minimum atomic E-state index is -0.698. The van der Waals surface area contributed by atoms with Gasteiger partial charge in [0.15, 0.2) is 5.60 Å². The van der Waals surface area contributed by atoms with Gasteiger partial charge in [0.25, 0.3) is 0 Å². The number of fused-ring (bicyclic) bond motifs is 3. The molecule has 2 aromatic carbocycles. The zero-order valence-corrected chi connectivity index (χ0v) is 15.9. The number of hydrogen-bond donors (Lipinski definition) is 0. The lowest BCUT2D eigenvalue weighted by Crippen LogP contribution is -2.40. The molecule has 5 heteroatoms. The number of rotatable bonds is 2. The van der Waals surface area contributed by atoms with Gasteiger partial charge in [-0.1, -0.05) is 42.5 Å². The van der Waals surface area contributed by atoms with Crippen LogP contribution in [0.1, 0.15) is 40.9 Å². The number of nitrogens with zero attached hydrogens (tertiary/aromatic N) is 2. The van der Waals surface area contributed by atoms with E-state index in [9.17, 15) is 9.59 Å². The second-order valence-electron chi connectivity index (χ2n) is 8.38. The summed E-state index contributed by atoms with van der Waals surface area (Å²) in [5.41, 5.74) is 2.08. The molecule has 1 unspecified atom stereocenters. The molecule has 2 fully saturated rings. The van der Waals surface area contributed by atoms with E-state index in [0.717, 1.165) is 35.0 Å². The van der Waals surface area contributed by atoms with Gasteiger partial charge < -0.3 is 9.64 Å². The minimum Gasteiger partial charge on any atom is -0.449 e. The van der Waals surface area contributed by atoms with Gasteiger partial charge in [0.1, 0.15) is 0 Å². The number of carbonyl (C=O) groups is 2. The van der Waals surface area contributed by atoms with Crippen molar-refractivity contribution >= 4 is 22.8 Å². The van der Waals surface area contributed by atoms with Crippen molar-refractivity contribution in [2.24, 2.45) is 0 Å². The summed E-state index contributed by atoms with van der Waals surface area (Å²) in [7, 11) is 0. The van der Waals surface area contributed by atoms with Crippen LogP contribution in [0, 0.1) is 0 Å². The number of hydrogen-bond acceptors (Lipinski definition) is 4. The van der Waals surface area contributed by atoms with Crippen LogP contribution in [0.2, 0.25) is 0 Å². The number of ether oxygens (including phenoxy) is 1. The average molecular weight is 384 g/mol. The van der Waals surface area contributed by atoms with Crippen LogP contribution in [-0.4, -0.2) is 34.8 Å². The van der Waals surface area contributed by atoms with Gasteiger partial charge >= 0.3 is 5.97 Å². The predicted molar refractivity (Wildman–Crippen MR) is 107 cm³/mol. The smallest absolute Gasteiger partial charge is 0.339 e. The van der Waals surface area contributed by atoms with Crippen molar-refractivity contribution in [2.45, 2.75) is 30.3 Å². The lowest BCUT2D eigenvalue weighted by molar-refractivity contribution is -0.134. The average Bonchev–Trinajstić information content (AvgIpc) is 3.39. The molecular formula is C24H20N2O3. The normalized spacial score (nSPS) is 24.0. The number of likely N-dealkylation sites (tertiary alicyclic amines) is 1. The highest BCUT2D eigenvalue weighted by Crippen LogP contribution is 2.51. The molecule has 3 heterocycles. The third kappa shape index (κ3) is 2.30. The largest absolute Gasteiger partial charge is 0.449 e. The SMILES string of the molecule is O=C1OC2(CCN(C(=O)C3(c4ccc5ccccc5n4)CC3)C2)c2ccccc21. The summed E-state index contributed by atoms with van der Waals surface area (Å²) in [6.07, 6.45) is 2.27. The molecule has 5 nitrogen and oxygen atoms in total. The number of benzene rings is 2. The van der Waals surface area contributed by atoms with E-state index in [1.165, 1.54) is 0 Å². The molecule has 0 N–H and O–H groups in total. The first kappa shape index (κ1) is 16.7. The second kappa shape index (κ2) is 5.66. The van der Waals surface area contributed by atoms with Gasteiger partial charge in [0.05, 0.1) is 28.7 Å². The predicted octanol–water partition coefficient (Wildman–Crippen LogP) is 3.56. The molecule has 1 amide bonds. The molecular weight excluding hydrogens is 364 g/mol. The van der Waals surface area contributed by atoms with Gasteiger partial charge in [-0.15, -0.1) is 0 Å². The standard InChI is InChI=1S/C24H20N2O3/c27-21-17-6-2-3-7-18(17)24(29-21)13-14-26(15-24)22(28)23(11-12-23)20-10-9-16-5-1-4-8-19(16)25-20/h1-10H,11-15H2. The Bertz CT molecular complexity index is 1180. The molecule has 0 radical (unpaired) electrons. The molecule has 1 aliphatic carbocycles. The fourth-order valence-electron chi connectivity index (χ4n) is 4.94. The first-order chi connectivity index (χ1) is 14.1. The Hall–Kier alpha value is -3.21. The Morgan fingerprint density at radius 3 is 2.62 bits per heavy atom.